The number of aromatic nitrogens is 3. The number of morpholine rings is 1. The van der Waals surface area contributed by atoms with Crippen LogP contribution in [0.25, 0.3) is 0 Å². The molecule has 1 aliphatic heterocycles. The molecule has 0 saturated carbocycles. The lowest BCUT2D eigenvalue weighted by atomic mass is 10.1. The Hall–Kier alpha value is -2.25. The third-order valence-corrected chi connectivity index (χ3v) is 3.60. The van der Waals surface area contributed by atoms with Gasteiger partial charge in [0.15, 0.2) is 0 Å². The molecule has 0 spiro atoms. The van der Waals surface area contributed by atoms with Crippen LogP contribution in [0.3, 0.4) is 0 Å². The Kier molecular flexibility index (Phi) is 4.45. The summed E-state index contributed by atoms with van der Waals surface area (Å²) < 4.78 is 7.24. The zero-order valence-electron chi connectivity index (χ0n) is 12.4. The third kappa shape index (κ3) is 3.49. The number of ether oxygens (including phenoxy) is 1. The van der Waals surface area contributed by atoms with E-state index >= 15 is 0 Å². The molecular weight excluding hydrogens is 282 g/mol. The van der Waals surface area contributed by atoms with Gasteiger partial charge in [0.1, 0.15) is 18.7 Å². The highest BCUT2D eigenvalue weighted by Crippen LogP contribution is 2.13. The van der Waals surface area contributed by atoms with Crippen LogP contribution in [-0.2, 0) is 16.1 Å². The molecule has 2 heterocycles. The summed E-state index contributed by atoms with van der Waals surface area (Å²) in [6.45, 7) is 3.84. The first kappa shape index (κ1) is 14.7. The fourth-order valence-corrected chi connectivity index (χ4v) is 2.50. The maximum Gasteiger partial charge on any atom is 0.244 e. The second kappa shape index (κ2) is 6.67. The zero-order chi connectivity index (χ0) is 15.4. The molecule has 1 fully saturated rings. The van der Waals surface area contributed by atoms with Crippen molar-refractivity contribution >= 4 is 11.6 Å². The van der Waals surface area contributed by atoms with Crippen molar-refractivity contribution in [2.75, 3.05) is 18.5 Å². The highest BCUT2D eigenvalue weighted by Gasteiger charge is 2.28. The maximum atomic E-state index is 12.3. The van der Waals surface area contributed by atoms with Gasteiger partial charge in [0.2, 0.25) is 5.91 Å². The number of benzene rings is 1. The van der Waals surface area contributed by atoms with Crippen LogP contribution >= 0.6 is 0 Å². The number of rotatable bonds is 4. The fourth-order valence-electron chi connectivity index (χ4n) is 2.50. The highest BCUT2D eigenvalue weighted by molar-refractivity contribution is 5.95. The van der Waals surface area contributed by atoms with Crippen molar-refractivity contribution in [2.24, 2.45) is 0 Å². The summed E-state index contributed by atoms with van der Waals surface area (Å²) in [5.74, 6) is -0.0786. The summed E-state index contributed by atoms with van der Waals surface area (Å²) >= 11 is 0. The lowest BCUT2D eigenvalue weighted by molar-refractivity contribution is -0.123. The summed E-state index contributed by atoms with van der Waals surface area (Å²) in [6.07, 6.45) is 3.03. The van der Waals surface area contributed by atoms with E-state index in [0.717, 1.165) is 11.3 Å². The van der Waals surface area contributed by atoms with Crippen LogP contribution in [0.15, 0.2) is 36.9 Å². The van der Waals surface area contributed by atoms with Gasteiger partial charge >= 0.3 is 0 Å². The Morgan fingerprint density at radius 3 is 3.23 bits per heavy atom. The van der Waals surface area contributed by atoms with Crippen LogP contribution in [-0.4, -0.2) is 46.0 Å². The molecule has 7 nitrogen and oxygen atoms in total. The van der Waals surface area contributed by atoms with E-state index in [1.807, 2.05) is 31.2 Å². The first-order valence-corrected chi connectivity index (χ1v) is 7.29. The quantitative estimate of drug-likeness (QED) is 0.866. The third-order valence-electron chi connectivity index (χ3n) is 3.60. The van der Waals surface area contributed by atoms with E-state index < -0.39 is 0 Å². The molecular formula is C15H19N5O2. The number of carbonyl (C=O) groups is 1. The monoisotopic (exact) mass is 301 g/mol. The molecule has 116 valence electrons. The number of anilines is 1. The molecule has 2 atom stereocenters. The first-order valence-electron chi connectivity index (χ1n) is 7.29. The Bertz CT molecular complexity index is 629. The number of hydrogen-bond acceptors (Lipinski definition) is 5. The van der Waals surface area contributed by atoms with E-state index in [4.69, 9.17) is 4.74 Å². The molecule has 0 radical (unpaired) electrons. The van der Waals surface area contributed by atoms with E-state index in [1.165, 1.54) is 6.33 Å². The number of amides is 1. The van der Waals surface area contributed by atoms with Crippen molar-refractivity contribution < 1.29 is 9.53 Å². The van der Waals surface area contributed by atoms with Gasteiger partial charge in [-0.05, 0) is 24.6 Å². The molecule has 22 heavy (non-hydrogen) atoms. The molecule has 0 aliphatic carbocycles. The summed E-state index contributed by atoms with van der Waals surface area (Å²) in [5.41, 5.74) is 1.81. The van der Waals surface area contributed by atoms with Gasteiger partial charge in [0, 0.05) is 12.2 Å². The predicted octanol–water partition coefficient (Wildman–Crippen LogP) is 0.642. The highest BCUT2D eigenvalue weighted by atomic mass is 16.5. The molecule has 2 N–H and O–H groups in total. The van der Waals surface area contributed by atoms with E-state index in [0.29, 0.717) is 19.7 Å². The molecule has 7 heteroatoms. The van der Waals surface area contributed by atoms with Gasteiger partial charge in [-0.25, -0.2) is 9.67 Å². The van der Waals surface area contributed by atoms with Crippen LogP contribution in [0.2, 0.25) is 0 Å². The van der Waals surface area contributed by atoms with Crippen LogP contribution in [0.1, 0.15) is 12.5 Å². The Labute approximate surface area is 128 Å². The normalized spacial score (nSPS) is 21.5. The van der Waals surface area contributed by atoms with Crippen LogP contribution < -0.4 is 10.6 Å². The minimum atomic E-state index is -0.326. The standard InChI is InChI=1S/C15H19N5O2/c1-11-14(17-5-6-22-11)15(21)19-13-4-2-3-12(7-13)8-20-10-16-9-18-20/h2-4,7,9-11,14,17H,5-6,8H2,1H3,(H,19,21)/t11-,14+/m1/s1. The second-order valence-electron chi connectivity index (χ2n) is 5.29. The summed E-state index contributed by atoms with van der Waals surface area (Å²) in [5, 5.41) is 10.2. The molecule has 1 aromatic carbocycles. The van der Waals surface area contributed by atoms with Gasteiger partial charge in [-0.15, -0.1) is 0 Å². The molecule has 0 bridgehead atoms. The molecule has 3 rings (SSSR count). The van der Waals surface area contributed by atoms with Crippen molar-refractivity contribution in [3.8, 4) is 0 Å². The van der Waals surface area contributed by atoms with Gasteiger partial charge in [-0.1, -0.05) is 12.1 Å². The molecule has 1 saturated heterocycles. The smallest absolute Gasteiger partial charge is 0.244 e. The Balaban J connectivity index is 1.66. The average Bonchev–Trinajstić information content (AvgIpc) is 3.01. The largest absolute Gasteiger partial charge is 0.375 e. The topological polar surface area (TPSA) is 81.1 Å². The van der Waals surface area contributed by atoms with E-state index in [2.05, 4.69) is 20.7 Å². The Morgan fingerprint density at radius 2 is 2.45 bits per heavy atom. The van der Waals surface area contributed by atoms with Crippen molar-refractivity contribution in [3.05, 3.63) is 42.5 Å². The van der Waals surface area contributed by atoms with Gasteiger partial charge in [-0.2, -0.15) is 5.10 Å². The van der Waals surface area contributed by atoms with Crippen LogP contribution in [0.4, 0.5) is 5.69 Å². The number of nitrogens with one attached hydrogen (secondary N) is 2. The fraction of sp³-hybridized carbons (Fsp3) is 0.400. The van der Waals surface area contributed by atoms with Crippen LogP contribution in [0, 0.1) is 0 Å². The van der Waals surface area contributed by atoms with E-state index in [1.54, 1.807) is 11.0 Å². The van der Waals surface area contributed by atoms with Crippen LogP contribution in [0.5, 0.6) is 0 Å². The zero-order valence-corrected chi connectivity index (χ0v) is 12.4. The van der Waals surface area contributed by atoms with E-state index in [-0.39, 0.29) is 18.1 Å². The second-order valence-corrected chi connectivity index (χ2v) is 5.29. The Morgan fingerprint density at radius 1 is 1.55 bits per heavy atom. The molecule has 2 aromatic rings. The molecule has 0 unspecified atom stereocenters. The van der Waals surface area contributed by atoms with Gasteiger partial charge in [0.25, 0.3) is 0 Å². The molecule has 1 amide bonds. The lowest BCUT2D eigenvalue weighted by Gasteiger charge is -2.29. The predicted molar refractivity (Wildman–Crippen MR) is 81.4 cm³/mol. The van der Waals surface area contributed by atoms with E-state index in [9.17, 15) is 4.79 Å². The van der Waals surface area contributed by atoms with Crippen molar-refractivity contribution in [1.82, 2.24) is 20.1 Å². The van der Waals surface area contributed by atoms with Gasteiger partial charge < -0.3 is 15.4 Å². The SMILES string of the molecule is C[C@H]1OCCN[C@@H]1C(=O)Nc1cccc(Cn2cncn2)c1. The van der Waals surface area contributed by atoms with Gasteiger partial charge in [0.05, 0.1) is 19.3 Å². The number of nitrogens with zero attached hydrogens (tertiary/aromatic N) is 3. The lowest BCUT2D eigenvalue weighted by Crippen LogP contribution is -2.53. The van der Waals surface area contributed by atoms with Gasteiger partial charge in [-0.3, -0.25) is 4.79 Å². The maximum absolute atomic E-state index is 12.3. The molecule has 1 aliphatic rings. The average molecular weight is 301 g/mol. The molecule has 1 aromatic heterocycles. The number of carbonyl (C=O) groups excluding carboxylic acids is 1. The van der Waals surface area contributed by atoms with Crippen molar-refractivity contribution in [2.45, 2.75) is 25.6 Å². The summed E-state index contributed by atoms with van der Waals surface area (Å²) in [6, 6.07) is 7.39. The minimum Gasteiger partial charge on any atom is -0.375 e. The number of hydrogen-bond donors (Lipinski definition) is 2. The summed E-state index contributed by atoms with van der Waals surface area (Å²) in [7, 11) is 0. The minimum absolute atomic E-state index is 0.0786. The summed E-state index contributed by atoms with van der Waals surface area (Å²) in [4.78, 5) is 16.2. The van der Waals surface area contributed by atoms with Crippen molar-refractivity contribution in [3.63, 3.8) is 0 Å². The first-order chi connectivity index (χ1) is 10.7. The van der Waals surface area contributed by atoms with Crippen molar-refractivity contribution in [1.29, 1.82) is 0 Å².